The smallest absolute Gasteiger partial charge is 0.00851 e. The Hall–Kier alpha value is -0.520. The van der Waals surface area contributed by atoms with Crippen molar-refractivity contribution in [2.24, 2.45) is 58.2 Å². The van der Waals surface area contributed by atoms with Gasteiger partial charge >= 0.3 is 0 Å². The second kappa shape index (κ2) is 7.87. The van der Waals surface area contributed by atoms with Gasteiger partial charge in [0.1, 0.15) is 0 Å². The Labute approximate surface area is 182 Å². The van der Waals surface area contributed by atoms with Crippen molar-refractivity contribution in [2.75, 3.05) is 0 Å². The van der Waals surface area contributed by atoms with Crippen LogP contribution in [-0.2, 0) is 0 Å². The van der Waals surface area contributed by atoms with Gasteiger partial charge in [0.15, 0.2) is 0 Å². The van der Waals surface area contributed by atoms with Gasteiger partial charge in [-0.05, 0) is 110 Å². The van der Waals surface area contributed by atoms with Crippen molar-refractivity contribution in [1.82, 2.24) is 0 Å². The van der Waals surface area contributed by atoms with Crippen molar-refractivity contribution in [1.29, 1.82) is 0 Å². The van der Waals surface area contributed by atoms with E-state index in [1.54, 1.807) is 0 Å². The van der Waals surface area contributed by atoms with Gasteiger partial charge in [-0.15, -0.1) is 0 Å². The highest BCUT2D eigenvalue weighted by Gasteiger charge is 2.58. The fourth-order valence-corrected chi connectivity index (χ4v) is 8.45. The van der Waals surface area contributed by atoms with Crippen LogP contribution in [0.3, 0.4) is 0 Å². The molecule has 0 spiro atoms. The molecule has 4 aliphatic rings. The van der Waals surface area contributed by atoms with Crippen molar-refractivity contribution >= 4 is 0 Å². The normalized spacial score (nSPS) is 46.8. The summed E-state index contributed by atoms with van der Waals surface area (Å²) < 4.78 is 0. The van der Waals surface area contributed by atoms with Gasteiger partial charge in [-0.3, -0.25) is 0 Å². The summed E-state index contributed by atoms with van der Waals surface area (Å²) in [5.41, 5.74) is 2.97. The zero-order valence-electron chi connectivity index (χ0n) is 20.5. The molecule has 0 aromatic heterocycles. The number of fused-ring (bicyclic) bond motifs is 5. The third-order valence-corrected chi connectivity index (χ3v) is 10.8. The van der Waals surface area contributed by atoms with E-state index in [0.717, 1.165) is 41.4 Å². The second-order valence-corrected chi connectivity index (χ2v) is 12.7. The van der Waals surface area contributed by atoms with Crippen molar-refractivity contribution in [3.63, 3.8) is 0 Å². The molecule has 0 radical (unpaired) electrons. The van der Waals surface area contributed by atoms with E-state index in [1.165, 1.54) is 51.4 Å². The molecule has 0 aromatic carbocycles. The van der Waals surface area contributed by atoms with E-state index in [2.05, 4.69) is 66.7 Å². The van der Waals surface area contributed by atoms with E-state index in [4.69, 9.17) is 0 Å². The SMILES string of the molecule is CC1CCC2(C)C(=CCC3C2CCC2(C)C(C(C)/C=C/C(C)C(C)C)CCC32)C1. The molecule has 0 heterocycles. The zero-order chi connectivity index (χ0) is 21.0. The minimum absolute atomic E-state index is 0.535. The van der Waals surface area contributed by atoms with E-state index in [0.29, 0.717) is 16.7 Å². The number of rotatable bonds is 4. The summed E-state index contributed by atoms with van der Waals surface area (Å²) in [7, 11) is 0. The van der Waals surface area contributed by atoms with Crippen molar-refractivity contribution in [3.05, 3.63) is 23.8 Å². The molecule has 0 amide bonds. The largest absolute Gasteiger partial charge is 0.0852 e. The maximum Gasteiger partial charge on any atom is -0.00851 e. The summed E-state index contributed by atoms with van der Waals surface area (Å²) in [6.45, 7) is 17.5. The molecule has 0 aromatic rings. The molecule has 164 valence electrons. The van der Waals surface area contributed by atoms with Gasteiger partial charge in [-0.1, -0.05) is 72.3 Å². The Balaban J connectivity index is 1.53. The highest BCUT2D eigenvalue weighted by atomic mass is 14.6. The number of hydrogen-bond donors (Lipinski definition) is 0. The summed E-state index contributed by atoms with van der Waals surface area (Å²) in [5.74, 6) is 6.91. The molecule has 3 fully saturated rings. The molecule has 9 atom stereocenters. The van der Waals surface area contributed by atoms with E-state index in [9.17, 15) is 0 Å². The lowest BCUT2D eigenvalue weighted by Gasteiger charge is -2.58. The first-order valence-corrected chi connectivity index (χ1v) is 13.0. The predicted octanol–water partition coefficient (Wildman–Crippen LogP) is 8.69. The quantitative estimate of drug-likeness (QED) is 0.417. The maximum absolute atomic E-state index is 2.74. The van der Waals surface area contributed by atoms with Crippen LogP contribution in [0.2, 0.25) is 0 Å². The molecule has 0 aliphatic heterocycles. The fraction of sp³-hybridized carbons (Fsp3) is 0.862. The molecule has 0 saturated heterocycles. The maximum atomic E-state index is 2.74. The van der Waals surface area contributed by atoms with Crippen molar-refractivity contribution in [3.8, 4) is 0 Å². The Morgan fingerprint density at radius 1 is 0.931 bits per heavy atom. The first-order valence-electron chi connectivity index (χ1n) is 13.0. The van der Waals surface area contributed by atoms with Crippen LogP contribution in [0.4, 0.5) is 0 Å². The first kappa shape index (κ1) is 21.7. The van der Waals surface area contributed by atoms with Crippen LogP contribution in [-0.4, -0.2) is 0 Å². The average Bonchev–Trinajstić information content (AvgIpc) is 3.03. The zero-order valence-corrected chi connectivity index (χ0v) is 20.5. The molecular formula is C29H48. The molecule has 29 heavy (non-hydrogen) atoms. The van der Waals surface area contributed by atoms with E-state index >= 15 is 0 Å². The van der Waals surface area contributed by atoms with Crippen LogP contribution in [0.1, 0.15) is 99.8 Å². The van der Waals surface area contributed by atoms with Gasteiger partial charge in [-0.2, -0.15) is 0 Å². The van der Waals surface area contributed by atoms with Crippen LogP contribution in [0, 0.1) is 58.2 Å². The first-order chi connectivity index (χ1) is 13.7. The van der Waals surface area contributed by atoms with E-state index in [1.807, 2.05) is 5.57 Å². The summed E-state index contributed by atoms with van der Waals surface area (Å²) in [4.78, 5) is 0. The monoisotopic (exact) mass is 396 g/mol. The molecule has 0 bridgehead atoms. The number of allylic oxidation sites excluding steroid dienone is 4. The van der Waals surface area contributed by atoms with Gasteiger partial charge in [0.05, 0.1) is 0 Å². The van der Waals surface area contributed by atoms with Crippen LogP contribution in [0.5, 0.6) is 0 Å². The molecule has 9 unspecified atom stereocenters. The molecule has 4 rings (SSSR count). The van der Waals surface area contributed by atoms with Gasteiger partial charge in [0, 0.05) is 0 Å². The third-order valence-electron chi connectivity index (χ3n) is 10.8. The predicted molar refractivity (Wildman–Crippen MR) is 127 cm³/mol. The molecule has 3 saturated carbocycles. The Morgan fingerprint density at radius 2 is 1.69 bits per heavy atom. The molecular weight excluding hydrogens is 348 g/mol. The molecule has 0 heteroatoms. The average molecular weight is 397 g/mol. The van der Waals surface area contributed by atoms with Crippen LogP contribution < -0.4 is 0 Å². The minimum Gasteiger partial charge on any atom is -0.0852 e. The van der Waals surface area contributed by atoms with Crippen molar-refractivity contribution < 1.29 is 0 Å². The third kappa shape index (κ3) is 3.59. The standard InChI is InChI=1S/C29H48/c1-19(2)21(4)8-9-22(5)25-12-13-26-24-11-10-23-18-20(3)14-16-28(23,6)27(24)15-17-29(25,26)7/h8-10,19-22,24-27H,11-18H2,1-7H3/b9-8+. The Bertz CT molecular complexity index is 653. The van der Waals surface area contributed by atoms with Crippen LogP contribution in [0.15, 0.2) is 23.8 Å². The number of hydrogen-bond acceptors (Lipinski definition) is 0. The van der Waals surface area contributed by atoms with Gasteiger partial charge in [0.25, 0.3) is 0 Å². The molecule has 4 aliphatic carbocycles. The second-order valence-electron chi connectivity index (χ2n) is 12.7. The van der Waals surface area contributed by atoms with E-state index in [-0.39, 0.29) is 0 Å². The lowest BCUT2D eigenvalue weighted by atomic mass is 9.46. The topological polar surface area (TPSA) is 0 Å². The minimum atomic E-state index is 0.535. The lowest BCUT2D eigenvalue weighted by molar-refractivity contribution is -0.0486. The highest BCUT2D eigenvalue weighted by molar-refractivity contribution is 5.25. The van der Waals surface area contributed by atoms with E-state index < -0.39 is 0 Å². The lowest BCUT2D eigenvalue weighted by Crippen LogP contribution is -2.50. The van der Waals surface area contributed by atoms with Gasteiger partial charge in [-0.25, -0.2) is 0 Å². The van der Waals surface area contributed by atoms with Crippen LogP contribution >= 0.6 is 0 Å². The van der Waals surface area contributed by atoms with Gasteiger partial charge in [0.2, 0.25) is 0 Å². The summed E-state index contributed by atoms with van der Waals surface area (Å²) in [6, 6.07) is 0. The Kier molecular flexibility index (Phi) is 5.89. The Morgan fingerprint density at radius 3 is 2.41 bits per heavy atom. The highest BCUT2D eigenvalue weighted by Crippen LogP contribution is 2.67. The fourth-order valence-electron chi connectivity index (χ4n) is 8.45. The van der Waals surface area contributed by atoms with Gasteiger partial charge < -0.3 is 0 Å². The molecule has 0 nitrogen and oxygen atoms in total. The molecule has 0 N–H and O–H groups in total. The van der Waals surface area contributed by atoms with Crippen molar-refractivity contribution in [2.45, 2.75) is 99.8 Å². The summed E-state index contributed by atoms with van der Waals surface area (Å²) >= 11 is 0. The summed E-state index contributed by atoms with van der Waals surface area (Å²) in [5, 5.41) is 0. The van der Waals surface area contributed by atoms with Crippen LogP contribution in [0.25, 0.3) is 0 Å². The summed E-state index contributed by atoms with van der Waals surface area (Å²) in [6.07, 6.45) is 19.5.